The van der Waals surface area contributed by atoms with Gasteiger partial charge in [-0.2, -0.15) is 0 Å². The van der Waals surface area contributed by atoms with Crippen molar-refractivity contribution in [3.8, 4) is 0 Å². The molecule has 0 unspecified atom stereocenters. The maximum Gasteiger partial charge on any atom is 0.371 e. The zero-order valence-electron chi connectivity index (χ0n) is 8.94. The fraction of sp³-hybridized carbons (Fsp3) is 0.364. The minimum absolute atomic E-state index is 0.0354. The molecule has 0 aromatic carbocycles. The lowest BCUT2D eigenvalue weighted by atomic mass is 10.4. The quantitative estimate of drug-likeness (QED) is 0.519. The standard InChI is InChI=1S/C11H15NO4/c1-2-15-7-3-6-12-8-9-4-5-10(16-9)11(13)14/h2,4-5,12H,1,3,6-8H2,(H,13,14). The van der Waals surface area contributed by atoms with Crippen molar-refractivity contribution in [2.75, 3.05) is 13.2 Å². The SMILES string of the molecule is C=COCCCNCc1ccc(C(=O)O)o1. The Kier molecular flexibility index (Phi) is 5.15. The van der Waals surface area contributed by atoms with E-state index in [1.165, 1.54) is 12.3 Å². The highest BCUT2D eigenvalue weighted by molar-refractivity contribution is 5.84. The third kappa shape index (κ3) is 4.18. The molecule has 1 aromatic heterocycles. The summed E-state index contributed by atoms with van der Waals surface area (Å²) >= 11 is 0. The predicted molar refractivity (Wildman–Crippen MR) is 58.1 cm³/mol. The summed E-state index contributed by atoms with van der Waals surface area (Å²) in [6.45, 7) is 5.34. The van der Waals surface area contributed by atoms with Crippen molar-refractivity contribution < 1.29 is 19.1 Å². The third-order valence-electron chi connectivity index (χ3n) is 1.91. The second-order valence-electron chi connectivity index (χ2n) is 3.14. The number of aromatic carboxylic acids is 1. The average molecular weight is 225 g/mol. The van der Waals surface area contributed by atoms with Crippen LogP contribution in [0.2, 0.25) is 0 Å². The van der Waals surface area contributed by atoms with Gasteiger partial charge in [-0.25, -0.2) is 4.79 Å². The molecule has 0 aliphatic heterocycles. The summed E-state index contributed by atoms with van der Waals surface area (Å²) in [5.74, 6) is -0.473. The molecule has 0 amide bonds. The van der Waals surface area contributed by atoms with E-state index in [0.29, 0.717) is 18.9 Å². The van der Waals surface area contributed by atoms with Gasteiger partial charge in [0.2, 0.25) is 5.76 Å². The van der Waals surface area contributed by atoms with Crippen LogP contribution in [-0.4, -0.2) is 24.2 Å². The van der Waals surface area contributed by atoms with E-state index in [-0.39, 0.29) is 5.76 Å². The number of carboxylic acids is 1. The Morgan fingerprint density at radius 1 is 1.62 bits per heavy atom. The third-order valence-corrected chi connectivity index (χ3v) is 1.91. The lowest BCUT2D eigenvalue weighted by Crippen LogP contribution is -2.15. The molecule has 88 valence electrons. The Morgan fingerprint density at radius 2 is 2.44 bits per heavy atom. The molecule has 5 nitrogen and oxygen atoms in total. The maximum atomic E-state index is 10.5. The molecular weight excluding hydrogens is 210 g/mol. The first-order valence-corrected chi connectivity index (χ1v) is 4.99. The largest absolute Gasteiger partial charge is 0.502 e. The van der Waals surface area contributed by atoms with Crippen LogP contribution in [0.15, 0.2) is 29.4 Å². The Morgan fingerprint density at radius 3 is 3.06 bits per heavy atom. The molecule has 0 radical (unpaired) electrons. The van der Waals surface area contributed by atoms with E-state index in [9.17, 15) is 4.79 Å². The van der Waals surface area contributed by atoms with E-state index in [2.05, 4.69) is 11.9 Å². The second kappa shape index (κ2) is 6.68. The molecule has 1 heterocycles. The highest BCUT2D eigenvalue weighted by Gasteiger charge is 2.07. The zero-order chi connectivity index (χ0) is 11.8. The Balaban J connectivity index is 2.16. The summed E-state index contributed by atoms with van der Waals surface area (Å²) in [7, 11) is 0. The Bertz CT molecular complexity index is 346. The molecule has 1 rings (SSSR count). The van der Waals surface area contributed by atoms with Gasteiger partial charge in [-0.3, -0.25) is 0 Å². The lowest BCUT2D eigenvalue weighted by Gasteiger charge is -2.02. The second-order valence-corrected chi connectivity index (χ2v) is 3.14. The van der Waals surface area contributed by atoms with Crippen LogP contribution in [0.1, 0.15) is 22.7 Å². The smallest absolute Gasteiger partial charge is 0.371 e. The summed E-state index contributed by atoms with van der Waals surface area (Å²) in [5, 5.41) is 11.7. The van der Waals surface area contributed by atoms with Gasteiger partial charge in [0.05, 0.1) is 19.4 Å². The molecule has 0 saturated heterocycles. The predicted octanol–water partition coefficient (Wildman–Crippen LogP) is 1.62. The first kappa shape index (κ1) is 12.3. The number of furan rings is 1. The zero-order valence-corrected chi connectivity index (χ0v) is 8.94. The van der Waals surface area contributed by atoms with E-state index in [4.69, 9.17) is 14.3 Å². The van der Waals surface area contributed by atoms with Gasteiger partial charge < -0.3 is 19.6 Å². The van der Waals surface area contributed by atoms with Crippen LogP contribution >= 0.6 is 0 Å². The summed E-state index contributed by atoms with van der Waals surface area (Å²) in [6, 6.07) is 3.09. The van der Waals surface area contributed by atoms with E-state index in [0.717, 1.165) is 13.0 Å². The summed E-state index contributed by atoms with van der Waals surface area (Å²) in [5.41, 5.74) is 0. The van der Waals surface area contributed by atoms with Crippen LogP contribution in [0.5, 0.6) is 0 Å². The average Bonchev–Trinajstić information content (AvgIpc) is 2.72. The van der Waals surface area contributed by atoms with Gasteiger partial charge in [0.15, 0.2) is 0 Å². The van der Waals surface area contributed by atoms with Gasteiger partial charge in [0.1, 0.15) is 5.76 Å². The molecule has 0 fully saturated rings. The van der Waals surface area contributed by atoms with Gasteiger partial charge in [0, 0.05) is 0 Å². The molecule has 0 saturated carbocycles. The van der Waals surface area contributed by atoms with Gasteiger partial charge in [-0.1, -0.05) is 6.58 Å². The first-order valence-electron chi connectivity index (χ1n) is 4.99. The molecule has 2 N–H and O–H groups in total. The van der Waals surface area contributed by atoms with Gasteiger partial charge in [-0.05, 0) is 25.1 Å². The van der Waals surface area contributed by atoms with Crippen LogP contribution < -0.4 is 5.32 Å². The van der Waals surface area contributed by atoms with E-state index >= 15 is 0 Å². The van der Waals surface area contributed by atoms with Crippen molar-refractivity contribution in [1.82, 2.24) is 5.32 Å². The van der Waals surface area contributed by atoms with Gasteiger partial charge >= 0.3 is 5.97 Å². The number of carbonyl (C=O) groups is 1. The van der Waals surface area contributed by atoms with Crippen LogP contribution in [0.4, 0.5) is 0 Å². The number of ether oxygens (including phenoxy) is 1. The Labute approximate surface area is 93.7 Å². The van der Waals surface area contributed by atoms with Crippen LogP contribution in [0.25, 0.3) is 0 Å². The first-order chi connectivity index (χ1) is 7.74. The molecule has 0 aliphatic carbocycles. The fourth-order valence-corrected chi connectivity index (χ4v) is 1.16. The highest BCUT2D eigenvalue weighted by Crippen LogP contribution is 2.07. The summed E-state index contributed by atoms with van der Waals surface area (Å²) in [4.78, 5) is 10.5. The minimum Gasteiger partial charge on any atom is -0.502 e. The van der Waals surface area contributed by atoms with E-state index in [1.54, 1.807) is 6.07 Å². The number of hydrogen-bond donors (Lipinski definition) is 2. The summed E-state index contributed by atoms with van der Waals surface area (Å²) in [6.07, 6.45) is 2.27. The number of hydrogen-bond acceptors (Lipinski definition) is 4. The van der Waals surface area contributed by atoms with Crippen LogP contribution in [-0.2, 0) is 11.3 Å². The van der Waals surface area contributed by atoms with E-state index in [1.807, 2.05) is 0 Å². The van der Waals surface area contributed by atoms with Gasteiger partial charge in [0.25, 0.3) is 0 Å². The minimum atomic E-state index is -1.05. The van der Waals surface area contributed by atoms with Crippen molar-refractivity contribution in [2.24, 2.45) is 0 Å². The number of nitrogens with one attached hydrogen (secondary N) is 1. The molecule has 0 bridgehead atoms. The van der Waals surface area contributed by atoms with Crippen molar-refractivity contribution in [3.63, 3.8) is 0 Å². The molecule has 5 heteroatoms. The normalized spacial score (nSPS) is 10.0. The molecule has 0 atom stereocenters. The van der Waals surface area contributed by atoms with E-state index < -0.39 is 5.97 Å². The molecule has 0 aliphatic rings. The van der Waals surface area contributed by atoms with Crippen LogP contribution in [0, 0.1) is 0 Å². The Hall–Kier alpha value is -1.75. The van der Waals surface area contributed by atoms with Crippen LogP contribution in [0.3, 0.4) is 0 Å². The lowest BCUT2D eigenvalue weighted by molar-refractivity contribution is 0.0660. The van der Waals surface area contributed by atoms with Crippen molar-refractivity contribution in [3.05, 3.63) is 36.5 Å². The molecule has 1 aromatic rings. The molecule has 0 spiro atoms. The van der Waals surface area contributed by atoms with Crippen molar-refractivity contribution >= 4 is 5.97 Å². The summed E-state index contributed by atoms with van der Waals surface area (Å²) < 4.78 is 10.0. The monoisotopic (exact) mass is 225 g/mol. The number of carboxylic acid groups (broad SMARTS) is 1. The number of rotatable bonds is 8. The molecular formula is C11H15NO4. The van der Waals surface area contributed by atoms with Crippen molar-refractivity contribution in [1.29, 1.82) is 0 Å². The topological polar surface area (TPSA) is 71.7 Å². The van der Waals surface area contributed by atoms with Crippen molar-refractivity contribution in [2.45, 2.75) is 13.0 Å². The maximum absolute atomic E-state index is 10.5. The fourth-order valence-electron chi connectivity index (χ4n) is 1.16. The van der Waals surface area contributed by atoms with Gasteiger partial charge in [-0.15, -0.1) is 0 Å². The molecule has 16 heavy (non-hydrogen) atoms. The highest BCUT2D eigenvalue weighted by atomic mass is 16.5.